The molecule has 3 aromatic rings. The maximum atomic E-state index is 13.5. The van der Waals surface area contributed by atoms with Gasteiger partial charge in [-0.2, -0.15) is 0 Å². The number of aromatic nitrogens is 1. The van der Waals surface area contributed by atoms with E-state index in [-0.39, 0.29) is 17.6 Å². The average molecular weight is 371 g/mol. The van der Waals surface area contributed by atoms with Gasteiger partial charge in [0.2, 0.25) is 11.8 Å². The molecule has 0 bridgehead atoms. The van der Waals surface area contributed by atoms with Gasteiger partial charge in [0.15, 0.2) is 5.13 Å². The molecule has 0 aliphatic carbocycles. The quantitative estimate of drug-likeness (QED) is 0.703. The number of carbonyl (C=O) groups is 2. The van der Waals surface area contributed by atoms with Crippen LogP contribution in [0.4, 0.5) is 15.2 Å². The van der Waals surface area contributed by atoms with Crippen LogP contribution in [0.25, 0.3) is 10.2 Å². The van der Waals surface area contributed by atoms with E-state index >= 15 is 0 Å². The second-order valence-electron chi connectivity index (χ2n) is 6.01. The summed E-state index contributed by atoms with van der Waals surface area (Å²) in [5.41, 5.74) is 2.80. The molecule has 0 saturated carbocycles. The molecule has 7 heteroatoms. The van der Waals surface area contributed by atoms with Gasteiger partial charge in [-0.05, 0) is 48.7 Å². The van der Waals surface area contributed by atoms with Crippen LogP contribution >= 0.6 is 11.3 Å². The summed E-state index contributed by atoms with van der Waals surface area (Å²) in [4.78, 5) is 27.5. The number of hydrogen-bond donors (Lipinski definition) is 2. The highest BCUT2D eigenvalue weighted by atomic mass is 32.1. The molecule has 1 heterocycles. The zero-order valence-electron chi connectivity index (χ0n) is 14.4. The van der Waals surface area contributed by atoms with Crippen LogP contribution in [-0.4, -0.2) is 16.8 Å². The SMILES string of the molecule is CC(=O)Nc1nc2ccc(CCC(=O)Nc3ccc(C)c(F)c3)cc2s1. The van der Waals surface area contributed by atoms with Crippen molar-refractivity contribution in [1.29, 1.82) is 0 Å². The van der Waals surface area contributed by atoms with E-state index in [4.69, 9.17) is 0 Å². The molecular formula is C19H18FN3O2S. The van der Waals surface area contributed by atoms with Gasteiger partial charge in [-0.15, -0.1) is 0 Å². The second-order valence-corrected chi connectivity index (χ2v) is 7.05. The molecule has 2 aromatic carbocycles. The smallest absolute Gasteiger partial charge is 0.224 e. The number of benzene rings is 2. The molecule has 5 nitrogen and oxygen atoms in total. The van der Waals surface area contributed by atoms with Crippen LogP contribution in [0.2, 0.25) is 0 Å². The van der Waals surface area contributed by atoms with Crippen LogP contribution < -0.4 is 10.6 Å². The number of carbonyl (C=O) groups excluding carboxylic acids is 2. The topological polar surface area (TPSA) is 71.1 Å². The predicted octanol–water partition coefficient (Wildman–Crippen LogP) is 4.27. The van der Waals surface area contributed by atoms with Crippen molar-refractivity contribution in [3.05, 3.63) is 53.3 Å². The standard InChI is InChI=1S/C19H18FN3O2S/c1-11-3-6-14(10-15(11)20)22-18(25)8-5-13-4-7-16-17(9-13)26-19(23-16)21-12(2)24/h3-4,6-7,9-10H,5,8H2,1-2H3,(H,22,25)(H,21,23,24). The van der Waals surface area contributed by atoms with Crippen LogP contribution in [0.5, 0.6) is 0 Å². The Bertz CT molecular complexity index is 984. The van der Waals surface area contributed by atoms with Crippen molar-refractivity contribution in [2.75, 3.05) is 10.6 Å². The van der Waals surface area contributed by atoms with E-state index in [0.29, 0.717) is 29.2 Å². The third-order valence-corrected chi connectivity index (χ3v) is 4.77. The summed E-state index contributed by atoms with van der Waals surface area (Å²) in [5.74, 6) is -0.668. The maximum Gasteiger partial charge on any atom is 0.224 e. The molecule has 0 saturated heterocycles. The van der Waals surface area contributed by atoms with E-state index in [0.717, 1.165) is 15.8 Å². The molecule has 0 unspecified atom stereocenters. The van der Waals surface area contributed by atoms with Crippen molar-refractivity contribution >= 4 is 44.2 Å². The van der Waals surface area contributed by atoms with Crippen LogP contribution in [0.1, 0.15) is 24.5 Å². The fourth-order valence-electron chi connectivity index (χ4n) is 2.48. The highest BCUT2D eigenvalue weighted by Gasteiger charge is 2.08. The van der Waals surface area contributed by atoms with E-state index in [9.17, 15) is 14.0 Å². The third kappa shape index (κ3) is 4.43. The molecular weight excluding hydrogens is 353 g/mol. The van der Waals surface area contributed by atoms with Gasteiger partial charge in [-0.25, -0.2) is 9.37 Å². The molecule has 0 aliphatic rings. The van der Waals surface area contributed by atoms with Gasteiger partial charge in [-0.1, -0.05) is 23.5 Å². The monoisotopic (exact) mass is 371 g/mol. The number of amides is 2. The number of thiazole rings is 1. The minimum absolute atomic E-state index is 0.159. The number of anilines is 2. The zero-order valence-corrected chi connectivity index (χ0v) is 15.2. The third-order valence-electron chi connectivity index (χ3n) is 3.83. The van der Waals surface area contributed by atoms with Gasteiger partial charge in [0.1, 0.15) is 5.82 Å². The normalized spacial score (nSPS) is 10.7. The molecule has 0 aliphatic heterocycles. The Labute approximate surface area is 154 Å². The molecule has 0 atom stereocenters. The summed E-state index contributed by atoms with van der Waals surface area (Å²) in [6.45, 7) is 3.11. The van der Waals surface area contributed by atoms with Gasteiger partial charge in [0, 0.05) is 19.0 Å². The van der Waals surface area contributed by atoms with Crippen molar-refractivity contribution in [3.63, 3.8) is 0 Å². The Hall–Kier alpha value is -2.80. The van der Waals surface area contributed by atoms with E-state index < -0.39 is 0 Å². The van der Waals surface area contributed by atoms with E-state index in [1.165, 1.54) is 24.3 Å². The Morgan fingerprint density at radius 1 is 1.15 bits per heavy atom. The summed E-state index contributed by atoms with van der Waals surface area (Å²) in [7, 11) is 0. The fraction of sp³-hybridized carbons (Fsp3) is 0.211. The highest BCUT2D eigenvalue weighted by Crippen LogP contribution is 2.27. The zero-order chi connectivity index (χ0) is 18.7. The molecule has 1 aromatic heterocycles. The lowest BCUT2D eigenvalue weighted by Crippen LogP contribution is -2.12. The minimum Gasteiger partial charge on any atom is -0.326 e. The summed E-state index contributed by atoms with van der Waals surface area (Å²) in [5, 5.41) is 5.94. The van der Waals surface area contributed by atoms with Crippen molar-refractivity contribution in [3.8, 4) is 0 Å². The van der Waals surface area contributed by atoms with Gasteiger partial charge in [0.05, 0.1) is 10.2 Å². The molecule has 0 spiro atoms. The first-order valence-electron chi connectivity index (χ1n) is 8.14. The average Bonchev–Trinajstić information content (AvgIpc) is 2.97. The first kappa shape index (κ1) is 18.0. The van der Waals surface area contributed by atoms with Crippen LogP contribution in [-0.2, 0) is 16.0 Å². The Kier molecular flexibility index (Phi) is 5.27. The largest absolute Gasteiger partial charge is 0.326 e. The van der Waals surface area contributed by atoms with Crippen LogP contribution in [0.15, 0.2) is 36.4 Å². The van der Waals surface area contributed by atoms with Crippen LogP contribution in [0, 0.1) is 12.7 Å². The van der Waals surface area contributed by atoms with Gasteiger partial charge >= 0.3 is 0 Å². The molecule has 26 heavy (non-hydrogen) atoms. The summed E-state index contributed by atoms with van der Waals surface area (Å²) in [6, 6.07) is 10.4. The lowest BCUT2D eigenvalue weighted by Gasteiger charge is -2.06. The number of nitrogens with one attached hydrogen (secondary N) is 2. The maximum absolute atomic E-state index is 13.5. The van der Waals surface area contributed by atoms with Crippen molar-refractivity contribution in [1.82, 2.24) is 4.98 Å². The first-order chi connectivity index (χ1) is 12.4. The summed E-state index contributed by atoms with van der Waals surface area (Å²) < 4.78 is 14.5. The number of fused-ring (bicyclic) bond motifs is 1. The van der Waals surface area contributed by atoms with Crippen molar-refractivity contribution < 1.29 is 14.0 Å². The number of hydrogen-bond acceptors (Lipinski definition) is 4. The number of rotatable bonds is 5. The van der Waals surface area contributed by atoms with Crippen molar-refractivity contribution in [2.24, 2.45) is 0 Å². The Morgan fingerprint density at radius 2 is 1.96 bits per heavy atom. The molecule has 3 rings (SSSR count). The van der Waals surface area contributed by atoms with Crippen molar-refractivity contribution in [2.45, 2.75) is 26.7 Å². The summed E-state index contributed by atoms with van der Waals surface area (Å²) >= 11 is 1.39. The fourth-order valence-corrected chi connectivity index (χ4v) is 3.46. The Balaban J connectivity index is 1.62. The van der Waals surface area contributed by atoms with Gasteiger partial charge in [0.25, 0.3) is 0 Å². The first-order valence-corrected chi connectivity index (χ1v) is 8.95. The highest BCUT2D eigenvalue weighted by molar-refractivity contribution is 7.22. The Morgan fingerprint density at radius 3 is 2.69 bits per heavy atom. The van der Waals surface area contributed by atoms with E-state index in [1.807, 2.05) is 18.2 Å². The van der Waals surface area contributed by atoms with E-state index in [2.05, 4.69) is 15.6 Å². The van der Waals surface area contributed by atoms with Gasteiger partial charge < -0.3 is 10.6 Å². The van der Waals surface area contributed by atoms with E-state index in [1.54, 1.807) is 19.1 Å². The van der Waals surface area contributed by atoms with Crippen LogP contribution in [0.3, 0.4) is 0 Å². The summed E-state index contributed by atoms with van der Waals surface area (Å²) in [6.07, 6.45) is 0.849. The molecule has 0 radical (unpaired) electrons. The van der Waals surface area contributed by atoms with Gasteiger partial charge in [-0.3, -0.25) is 9.59 Å². The molecule has 134 valence electrons. The lowest BCUT2D eigenvalue weighted by molar-refractivity contribution is -0.116. The molecule has 2 amide bonds. The number of aryl methyl sites for hydroxylation is 2. The second kappa shape index (κ2) is 7.61. The number of nitrogens with zero attached hydrogens (tertiary/aromatic N) is 1. The predicted molar refractivity (Wildman–Crippen MR) is 102 cm³/mol. The lowest BCUT2D eigenvalue weighted by atomic mass is 10.1. The number of halogens is 1. The minimum atomic E-state index is -0.339. The molecule has 2 N–H and O–H groups in total. The molecule has 0 fully saturated rings.